The maximum Gasteiger partial charge on any atom is 0.274 e. The Bertz CT molecular complexity index is 639. The maximum atomic E-state index is 12.0. The summed E-state index contributed by atoms with van der Waals surface area (Å²) in [5.41, 5.74) is 7.51. The summed E-state index contributed by atoms with van der Waals surface area (Å²) in [4.78, 5) is 13.4. The lowest BCUT2D eigenvalue weighted by molar-refractivity contribution is 0.0806. The number of carbonyl (C=O) groups is 1. The van der Waals surface area contributed by atoms with Crippen molar-refractivity contribution in [1.29, 1.82) is 0 Å². The fraction of sp³-hybridized carbons (Fsp3) is 0.143. The summed E-state index contributed by atoms with van der Waals surface area (Å²) in [5.74, 6) is 2.21. The molecule has 1 aromatic carbocycles. The van der Waals surface area contributed by atoms with Crippen molar-refractivity contribution in [3.8, 4) is 18.0 Å². The number of nitrogens with zero attached hydrogens (tertiary/aromatic N) is 3. The summed E-state index contributed by atoms with van der Waals surface area (Å²) in [7, 11) is 1.64. The van der Waals surface area contributed by atoms with Gasteiger partial charge in [-0.2, -0.15) is 5.10 Å². The molecule has 1 amide bonds. The quantitative estimate of drug-likeness (QED) is 0.660. The molecular weight excluding hydrogens is 240 g/mol. The van der Waals surface area contributed by atoms with Gasteiger partial charge in [0.25, 0.3) is 5.91 Å². The van der Waals surface area contributed by atoms with E-state index in [4.69, 9.17) is 12.2 Å². The van der Waals surface area contributed by atoms with Crippen LogP contribution in [0.25, 0.3) is 5.69 Å². The Morgan fingerprint density at radius 2 is 2.32 bits per heavy atom. The van der Waals surface area contributed by atoms with E-state index in [0.29, 0.717) is 11.4 Å². The van der Waals surface area contributed by atoms with E-state index in [2.05, 4.69) is 11.0 Å². The lowest BCUT2D eigenvalue weighted by Gasteiger charge is -2.11. The Hall–Kier alpha value is -2.74. The molecule has 0 aliphatic carbocycles. The second-order valence-electron chi connectivity index (χ2n) is 4.11. The molecule has 96 valence electrons. The molecule has 2 rings (SSSR count). The average molecular weight is 254 g/mol. The van der Waals surface area contributed by atoms with Crippen molar-refractivity contribution in [1.82, 2.24) is 14.7 Å². The first-order valence-corrected chi connectivity index (χ1v) is 5.72. The molecule has 0 aliphatic rings. The lowest BCUT2D eigenvalue weighted by Crippen LogP contribution is -2.27. The first-order chi connectivity index (χ1) is 9.11. The van der Waals surface area contributed by atoms with E-state index >= 15 is 0 Å². The first kappa shape index (κ1) is 12.7. The molecule has 2 aromatic rings. The molecule has 1 heterocycles. The summed E-state index contributed by atoms with van der Waals surface area (Å²) in [6.45, 7) is 0.254. The smallest absolute Gasteiger partial charge is 0.274 e. The fourth-order valence-electron chi connectivity index (χ4n) is 1.65. The summed E-state index contributed by atoms with van der Waals surface area (Å²) in [6, 6.07) is 8.92. The van der Waals surface area contributed by atoms with E-state index < -0.39 is 0 Å². The van der Waals surface area contributed by atoms with Gasteiger partial charge in [-0.3, -0.25) is 4.79 Å². The number of nitrogen functional groups attached to an aromatic ring is 1. The third kappa shape index (κ3) is 2.75. The number of carbonyl (C=O) groups excluding carboxylic acids is 1. The lowest BCUT2D eigenvalue weighted by atomic mass is 10.3. The predicted molar refractivity (Wildman–Crippen MR) is 73.8 cm³/mol. The van der Waals surface area contributed by atoms with Crippen molar-refractivity contribution < 1.29 is 4.79 Å². The third-order valence-electron chi connectivity index (χ3n) is 2.62. The summed E-state index contributed by atoms with van der Waals surface area (Å²) >= 11 is 0. The summed E-state index contributed by atoms with van der Waals surface area (Å²) in [5, 5.41) is 4.23. The van der Waals surface area contributed by atoms with Crippen LogP contribution >= 0.6 is 0 Å². The largest absolute Gasteiger partial charge is 0.399 e. The van der Waals surface area contributed by atoms with Gasteiger partial charge in [0, 0.05) is 18.9 Å². The number of anilines is 1. The van der Waals surface area contributed by atoms with Gasteiger partial charge in [0.15, 0.2) is 5.69 Å². The number of hydrogen-bond acceptors (Lipinski definition) is 3. The zero-order valence-electron chi connectivity index (χ0n) is 10.6. The van der Waals surface area contributed by atoms with Gasteiger partial charge >= 0.3 is 0 Å². The number of nitrogens with two attached hydrogens (primary N) is 1. The van der Waals surface area contributed by atoms with Crippen LogP contribution in [0.1, 0.15) is 10.5 Å². The van der Waals surface area contributed by atoms with Crippen molar-refractivity contribution in [2.75, 3.05) is 19.3 Å². The maximum absolute atomic E-state index is 12.0. The Morgan fingerprint density at radius 1 is 1.53 bits per heavy atom. The average Bonchev–Trinajstić information content (AvgIpc) is 2.87. The van der Waals surface area contributed by atoms with Gasteiger partial charge in [0.05, 0.1) is 12.2 Å². The van der Waals surface area contributed by atoms with Crippen molar-refractivity contribution in [2.24, 2.45) is 0 Å². The van der Waals surface area contributed by atoms with Crippen LogP contribution in [0.4, 0.5) is 5.69 Å². The van der Waals surface area contributed by atoms with Crippen LogP contribution in [0.15, 0.2) is 36.5 Å². The van der Waals surface area contributed by atoms with E-state index in [9.17, 15) is 4.79 Å². The molecule has 0 saturated heterocycles. The van der Waals surface area contributed by atoms with E-state index in [0.717, 1.165) is 5.69 Å². The number of rotatable bonds is 3. The predicted octanol–water partition coefficient (Wildman–Crippen LogP) is 1.16. The molecule has 0 atom stereocenters. The molecule has 0 aliphatic heterocycles. The van der Waals surface area contributed by atoms with Gasteiger partial charge in [-0.05, 0) is 24.3 Å². The Kier molecular flexibility index (Phi) is 3.53. The van der Waals surface area contributed by atoms with Crippen molar-refractivity contribution in [2.45, 2.75) is 0 Å². The molecule has 1 aromatic heterocycles. The number of aromatic nitrogens is 2. The second kappa shape index (κ2) is 5.27. The number of amides is 1. The van der Waals surface area contributed by atoms with Gasteiger partial charge in [-0.25, -0.2) is 4.68 Å². The van der Waals surface area contributed by atoms with E-state index in [-0.39, 0.29) is 12.5 Å². The molecule has 19 heavy (non-hydrogen) atoms. The second-order valence-corrected chi connectivity index (χ2v) is 4.11. The zero-order valence-corrected chi connectivity index (χ0v) is 10.6. The van der Waals surface area contributed by atoms with E-state index in [1.807, 2.05) is 12.1 Å². The van der Waals surface area contributed by atoms with Crippen LogP contribution < -0.4 is 5.73 Å². The number of benzene rings is 1. The fourth-order valence-corrected chi connectivity index (χ4v) is 1.65. The molecular formula is C14H14N4O. The Morgan fingerprint density at radius 3 is 3.00 bits per heavy atom. The molecule has 0 radical (unpaired) electrons. The number of hydrogen-bond donors (Lipinski definition) is 1. The highest BCUT2D eigenvalue weighted by Crippen LogP contribution is 2.12. The SMILES string of the molecule is C#CCN(C)C(=O)c1ccn(-c2cccc(N)c2)n1. The van der Waals surface area contributed by atoms with Crippen LogP contribution in [0.5, 0.6) is 0 Å². The topological polar surface area (TPSA) is 64.2 Å². The standard InChI is InChI=1S/C14H14N4O/c1-3-8-17(2)14(19)13-7-9-18(16-13)12-6-4-5-11(15)10-12/h1,4-7,9-10H,8,15H2,2H3. The van der Waals surface area contributed by atoms with Crippen LogP contribution in [0, 0.1) is 12.3 Å². The van der Waals surface area contributed by atoms with E-state index in [1.54, 1.807) is 36.1 Å². The molecule has 0 spiro atoms. The van der Waals surface area contributed by atoms with Crippen molar-refractivity contribution >= 4 is 11.6 Å². The molecule has 0 unspecified atom stereocenters. The minimum atomic E-state index is -0.208. The summed E-state index contributed by atoms with van der Waals surface area (Å²) in [6.07, 6.45) is 6.89. The van der Waals surface area contributed by atoms with Crippen LogP contribution in [-0.2, 0) is 0 Å². The van der Waals surface area contributed by atoms with Crippen LogP contribution in [-0.4, -0.2) is 34.2 Å². The van der Waals surface area contributed by atoms with Gasteiger partial charge in [-0.15, -0.1) is 6.42 Å². The van der Waals surface area contributed by atoms with Crippen molar-refractivity contribution in [3.63, 3.8) is 0 Å². The minimum absolute atomic E-state index is 0.208. The molecule has 0 saturated carbocycles. The van der Waals surface area contributed by atoms with Gasteiger partial charge in [0.2, 0.25) is 0 Å². The van der Waals surface area contributed by atoms with Gasteiger partial charge in [0.1, 0.15) is 0 Å². The highest BCUT2D eigenvalue weighted by molar-refractivity contribution is 5.92. The van der Waals surface area contributed by atoms with Crippen LogP contribution in [0.2, 0.25) is 0 Å². The molecule has 2 N–H and O–H groups in total. The van der Waals surface area contributed by atoms with Crippen LogP contribution in [0.3, 0.4) is 0 Å². The highest BCUT2D eigenvalue weighted by Gasteiger charge is 2.14. The zero-order chi connectivity index (χ0) is 13.8. The van der Waals surface area contributed by atoms with Gasteiger partial charge in [-0.1, -0.05) is 12.0 Å². The number of terminal acetylenes is 1. The minimum Gasteiger partial charge on any atom is -0.399 e. The van der Waals surface area contributed by atoms with Crippen molar-refractivity contribution in [3.05, 3.63) is 42.2 Å². The summed E-state index contributed by atoms with van der Waals surface area (Å²) < 4.78 is 1.60. The first-order valence-electron chi connectivity index (χ1n) is 5.72. The molecule has 0 bridgehead atoms. The highest BCUT2D eigenvalue weighted by atomic mass is 16.2. The monoisotopic (exact) mass is 254 g/mol. The molecule has 0 fully saturated rings. The van der Waals surface area contributed by atoms with Gasteiger partial charge < -0.3 is 10.6 Å². The van der Waals surface area contributed by atoms with E-state index in [1.165, 1.54) is 4.90 Å². The molecule has 5 heteroatoms. The molecule has 5 nitrogen and oxygen atoms in total. The normalized spacial score (nSPS) is 9.89. The third-order valence-corrected chi connectivity index (χ3v) is 2.62. The Labute approximate surface area is 111 Å². The Balaban J connectivity index is 2.25.